The predicted octanol–water partition coefficient (Wildman–Crippen LogP) is 0.183. The van der Waals surface area contributed by atoms with Crippen LogP contribution in [-0.4, -0.2) is 58.3 Å². The predicted molar refractivity (Wildman–Crippen MR) is 80.7 cm³/mol. The first-order valence-electron chi connectivity index (χ1n) is 6.75. The zero-order valence-electron chi connectivity index (χ0n) is 12.2. The van der Waals surface area contributed by atoms with Crippen LogP contribution in [0.5, 0.6) is 0 Å². The number of amides is 1. The van der Waals surface area contributed by atoms with Crippen molar-refractivity contribution in [2.24, 2.45) is 0 Å². The third-order valence-electron chi connectivity index (χ3n) is 3.33. The van der Waals surface area contributed by atoms with Crippen LogP contribution in [0.3, 0.4) is 0 Å². The van der Waals surface area contributed by atoms with Gasteiger partial charge in [0.25, 0.3) is 0 Å². The number of anilines is 1. The number of sulfonamides is 1. The lowest BCUT2D eigenvalue weighted by atomic mass is 10.2. The maximum Gasteiger partial charge on any atom is 0.243 e. The van der Waals surface area contributed by atoms with Gasteiger partial charge >= 0.3 is 0 Å². The molecule has 1 saturated heterocycles. The average molecular weight is 323 g/mol. The van der Waals surface area contributed by atoms with Crippen LogP contribution in [0.4, 0.5) is 5.69 Å². The SMILES string of the molecule is CS(=O)(=O)N(CC(=O)N1CCOCC1)c1ccc(C#N)cc1. The van der Waals surface area contributed by atoms with Crippen LogP contribution in [0.15, 0.2) is 24.3 Å². The molecule has 22 heavy (non-hydrogen) atoms. The smallest absolute Gasteiger partial charge is 0.243 e. The molecule has 1 fully saturated rings. The normalized spacial score (nSPS) is 15.2. The van der Waals surface area contributed by atoms with Gasteiger partial charge in [0.2, 0.25) is 15.9 Å². The Hall–Kier alpha value is -2.11. The number of hydrogen-bond donors (Lipinski definition) is 0. The molecule has 0 saturated carbocycles. The van der Waals surface area contributed by atoms with E-state index in [1.807, 2.05) is 6.07 Å². The Morgan fingerprint density at radius 2 is 1.91 bits per heavy atom. The Labute approximate surface area is 129 Å². The first kappa shape index (κ1) is 16.3. The van der Waals surface area contributed by atoms with E-state index in [1.54, 1.807) is 4.90 Å². The minimum atomic E-state index is -3.60. The number of ether oxygens (including phenoxy) is 1. The Morgan fingerprint density at radius 1 is 1.32 bits per heavy atom. The molecule has 0 aromatic heterocycles. The van der Waals surface area contributed by atoms with Gasteiger partial charge in [0, 0.05) is 13.1 Å². The molecule has 1 aliphatic rings. The summed E-state index contributed by atoms with van der Waals surface area (Å²) in [5.41, 5.74) is 0.791. The molecule has 0 spiro atoms. The molecule has 1 aliphatic heterocycles. The van der Waals surface area contributed by atoms with Gasteiger partial charge in [-0.25, -0.2) is 8.42 Å². The quantitative estimate of drug-likeness (QED) is 0.788. The number of rotatable bonds is 4. The number of morpholine rings is 1. The number of carbonyl (C=O) groups is 1. The van der Waals surface area contributed by atoms with E-state index in [4.69, 9.17) is 10.00 Å². The standard InChI is InChI=1S/C14H17N3O4S/c1-22(19,20)17(13-4-2-12(10-15)3-5-13)11-14(18)16-6-8-21-9-7-16/h2-5H,6-9,11H2,1H3. The fourth-order valence-electron chi connectivity index (χ4n) is 2.14. The zero-order chi connectivity index (χ0) is 16.2. The van der Waals surface area contributed by atoms with Gasteiger partial charge in [-0.15, -0.1) is 0 Å². The summed E-state index contributed by atoms with van der Waals surface area (Å²) in [6.45, 7) is 1.58. The van der Waals surface area contributed by atoms with Crippen molar-refractivity contribution in [1.29, 1.82) is 5.26 Å². The number of nitrogens with zero attached hydrogens (tertiary/aromatic N) is 3. The molecule has 0 N–H and O–H groups in total. The van der Waals surface area contributed by atoms with Crippen LogP contribution >= 0.6 is 0 Å². The van der Waals surface area contributed by atoms with E-state index in [9.17, 15) is 13.2 Å². The third-order valence-corrected chi connectivity index (χ3v) is 4.47. The van der Waals surface area contributed by atoms with E-state index < -0.39 is 10.0 Å². The van der Waals surface area contributed by atoms with E-state index in [1.165, 1.54) is 24.3 Å². The Morgan fingerprint density at radius 3 is 2.41 bits per heavy atom. The van der Waals surface area contributed by atoms with Gasteiger partial charge in [-0.1, -0.05) is 0 Å². The van der Waals surface area contributed by atoms with E-state index in [2.05, 4.69) is 0 Å². The fourth-order valence-corrected chi connectivity index (χ4v) is 2.99. The minimum absolute atomic E-state index is 0.259. The van der Waals surface area contributed by atoms with E-state index in [-0.39, 0.29) is 12.5 Å². The third kappa shape index (κ3) is 3.96. The largest absolute Gasteiger partial charge is 0.378 e. The summed E-state index contributed by atoms with van der Waals surface area (Å²) in [6.07, 6.45) is 1.05. The molecule has 2 rings (SSSR count). The molecule has 0 unspecified atom stereocenters. The Kier molecular flexibility index (Phi) is 5.00. The van der Waals surface area contributed by atoms with Gasteiger partial charge in [0.1, 0.15) is 6.54 Å². The highest BCUT2D eigenvalue weighted by Crippen LogP contribution is 2.18. The van der Waals surface area contributed by atoms with Crippen LogP contribution in [0.2, 0.25) is 0 Å². The molecule has 0 bridgehead atoms. The summed E-state index contributed by atoms with van der Waals surface area (Å²) < 4.78 is 30.2. The Balaban J connectivity index is 2.19. The van der Waals surface area contributed by atoms with Gasteiger partial charge in [0.05, 0.1) is 36.8 Å². The van der Waals surface area contributed by atoms with Crippen molar-refractivity contribution in [2.45, 2.75) is 0 Å². The van der Waals surface area contributed by atoms with Gasteiger partial charge in [-0.3, -0.25) is 9.10 Å². The van der Waals surface area contributed by atoms with Crippen molar-refractivity contribution >= 4 is 21.6 Å². The molecular formula is C14H17N3O4S. The van der Waals surface area contributed by atoms with Gasteiger partial charge in [0.15, 0.2) is 0 Å². The van der Waals surface area contributed by atoms with Gasteiger partial charge < -0.3 is 9.64 Å². The van der Waals surface area contributed by atoms with Crippen molar-refractivity contribution in [3.63, 3.8) is 0 Å². The number of nitriles is 1. The number of hydrogen-bond acceptors (Lipinski definition) is 5. The molecule has 8 heteroatoms. The maximum atomic E-state index is 12.3. The van der Waals surface area contributed by atoms with Crippen molar-refractivity contribution in [2.75, 3.05) is 43.4 Å². The highest BCUT2D eigenvalue weighted by atomic mass is 32.2. The van der Waals surface area contributed by atoms with E-state index >= 15 is 0 Å². The van der Waals surface area contributed by atoms with E-state index in [0.717, 1.165) is 10.6 Å². The molecule has 0 radical (unpaired) electrons. The molecule has 7 nitrogen and oxygen atoms in total. The maximum absolute atomic E-state index is 12.3. The molecule has 1 aromatic rings. The monoisotopic (exact) mass is 323 g/mol. The topological polar surface area (TPSA) is 90.7 Å². The van der Waals surface area contributed by atoms with E-state index in [0.29, 0.717) is 37.6 Å². The summed E-state index contributed by atoms with van der Waals surface area (Å²) in [5, 5.41) is 8.79. The second-order valence-corrected chi connectivity index (χ2v) is 6.83. The lowest BCUT2D eigenvalue weighted by molar-refractivity contribution is -0.133. The van der Waals surface area contributed by atoms with Crippen LogP contribution < -0.4 is 4.31 Å². The highest BCUT2D eigenvalue weighted by Gasteiger charge is 2.25. The molecule has 0 atom stereocenters. The first-order valence-corrected chi connectivity index (χ1v) is 8.60. The summed E-state index contributed by atoms with van der Waals surface area (Å²) in [7, 11) is -3.60. The van der Waals surface area contributed by atoms with Crippen molar-refractivity contribution < 1.29 is 17.9 Å². The lowest BCUT2D eigenvalue weighted by Gasteiger charge is -2.30. The van der Waals surface area contributed by atoms with Crippen LogP contribution in [0.25, 0.3) is 0 Å². The fraction of sp³-hybridized carbons (Fsp3) is 0.429. The molecule has 118 valence electrons. The first-order chi connectivity index (χ1) is 10.4. The number of benzene rings is 1. The minimum Gasteiger partial charge on any atom is -0.378 e. The lowest BCUT2D eigenvalue weighted by Crippen LogP contribution is -2.47. The van der Waals surface area contributed by atoms with Crippen molar-refractivity contribution in [3.05, 3.63) is 29.8 Å². The Bertz CT molecular complexity index is 673. The van der Waals surface area contributed by atoms with Gasteiger partial charge in [-0.05, 0) is 24.3 Å². The number of carbonyl (C=O) groups excluding carboxylic acids is 1. The second-order valence-electron chi connectivity index (χ2n) is 4.92. The highest BCUT2D eigenvalue weighted by molar-refractivity contribution is 7.92. The summed E-state index contributed by atoms with van der Waals surface area (Å²) in [6, 6.07) is 8.05. The van der Waals surface area contributed by atoms with Crippen LogP contribution in [0.1, 0.15) is 5.56 Å². The van der Waals surface area contributed by atoms with Crippen LogP contribution in [-0.2, 0) is 19.6 Å². The van der Waals surface area contributed by atoms with Crippen molar-refractivity contribution in [3.8, 4) is 6.07 Å². The molecule has 0 aliphatic carbocycles. The summed E-state index contributed by atoms with van der Waals surface area (Å²) >= 11 is 0. The van der Waals surface area contributed by atoms with Gasteiger partial charge in [-0.2, -0.15) is 5.26 Å². The van der Waals surface area contributed by atoms with Crippen molar-refractivity contribution in [1.82, 2.24) is 4.90 Å². The molecule has 1 heterocycles. The summed E-state index contributed by atoms with van der Waals surface area (Å²) in [5.74, 6) is -0.266. The molecular weight excluding hydrogens is 306 g/mol. The zero-order valence-corrected chi connectivity index (χ0v) is 13.0. The average Bonchev–Trinajstić information content (AvgIpc) is 2.52. The van der Waals surface area contributed by atoms with Crippen LogP contribution in [0, 0.1) is 11.3 Å². The molecule has 1 aromatic carbocycles. The summed E-state index contributed by atoms with van der Waals surface area (Å²) in [4.78, 5) is 13.9. The second kappa shape index (κ2) is 6.77. The molecule has 1 amide bonds.